The number of carbonyl (C=O) groups excluding carboxylic acids is 2. The van der Waals surface area contributed by atoms with Crippen LogP contribution in [-0.4, -0.2) is 34.7 Å². The number of rotatable bonds is 6. The molecule has 1 atom stereocenters. The Morgan fingerprint density at radius 1 is 0.971 bits per heavy atom. The molecule has 0 aliphatic heterocycles. The number of nitrogen functional groups attached to an aromatic ring is 1. The largest absolute Gasteiger partial charge is 0.469 e. The van der Waals surface area contributed by atoms with Gasteiger partial charge in [-0.05, 0) is 50.6 Å². The summed E-state index contributed by atoms with van der Waals surface area (Å²) in [5.74, 6) is -0.126. The number of nitrogens with two attached hydrogens (primary N) is 1. The number of amides is 1. The predicted molar refractivity (Wildman–Crippen MR) is 138 cm³/mol. The van der Waals surface area contributed by atoms with Crippen LogP contribution in [0.4, 0.5) is 15.1 Å². The summed E-state index contributed by atoms with van der Waals surface area (Å²) in [4.78, 5) is 35.3. The van der Waals surface area contributed by atoms with Gasteiger partial charge in [-0.3, -0.25) is 5.32 Å². The van der Waals surface area contributed by atoms with Crippen LogP contribution in [0.3, 0.4) is 0 Å². The predicted octanol–water partition coefficient (Wildman–Crippen LogP) is 5.69. The van der Waals surface area contributed by atoms with Crippen molar-refractivity contribution in [3.63, 3.8) is 0 Å². The summed E-state index contributed by atoms with van der Waals surface area (Å²) in [6, 6.07) is 7.29. The molecule has 3 rings (SSSR count). The SMILES string of the molecule is COC(=O)C(Oc1ccc(-c2cnc(N)s2)cc1)(c1cnc(NC(=O)OC(C)(C)C)s1)C(C)(C)C. The molecule has 2 heterocycles. The Hall–Kier alpha value is -3.18. The van der Waals surface area contributed by atoms with Gasteiger partial charge in [0, 0.05) is 17.8 Å². The summed E-state index contributed by atoms with van der Waals surface area (Å²) in [7, 11) is 1.31. The van der Waals surface area contributed by atoms with Crippen molar-refractivity contribution in [2.45, 2.75) is 52.7 Å². The van der Waals surface area contributed by atoms with E-state index in [9.17, 15) is 9.59 Å². The normalized spacial score (nSPS) is 13.6. The number of carbonyl (C=O) groups is 2. The summed E-state index contributed by atoms with van der Waals surface area (Å²) in [5.41, 5.74) is 3.72. The topological polar surface area (TPSA) is 126 Å². The molecule has 0 fully saturated rings. The van der Waals surface area contributed by atoms with Crippen molar-refractivity contribution in [1.29, 1.82) is 0 Å². The molecule has 1 aromatic carbocycles. The number of aromatic nitrogens is 2. The number of methoxy groups -OCH3 is 1. The van der Waals surface area contributed by atoms with Gasteiger partial charge in [-0.25, -0.2) is 19.6 Å². The molecule has 0 aliphatic carbocycles. The number of thiazole rings is 2. The first kappa shape index (κ1) is 26.4. The van der Waals surface area contributed by atoms with Gasteiger partial charge >= 0.3 is 12.1 Å². The Bertz CT molecular complexity index is 1190. The van der Waals surface area contributed by atoms with Crippen LogP contribution in [0.5, 0.6) is 5.75 Å². The number of hydrogen-bond acceptors (Lipinski definition) is 10. The second kappa shape index (κ2) is 9.82. The van der Waals surface area contributed by atoms with Crippen LogP contribution in [0, 0.1) is 5.41 Å². The van der Waals surface area contributed by atoms with E-state index in [-0.39, 0.29) is 5.13 Å². The van der Waals surface area contributed by atoms with Crippen LogP contribution >= 0.6 is 22.7 Å². The highest BCUT2D eigenvalue weighted by atomic mass is 32.1. The van der Waals surface area contributed by atoms with Crippen molar-refractivity contribution in [2.24, 2.45) is 5.41 Å². The lowest BCUT2D eigenvalue weighted by molar-refractivity contribution is -0.171. The molecule has 0 spiro atoms. The number of nitrogens with one attached hydrogen (secondary N) is 1. The van der Waals surface area contributed by atoms with Gasteiger partial charge in [0.1, 0.15) is 11.4 Å². The molecular weight excluding hydrogens is 488 g/mol. The van der Waals surface area contributed by atoms with E-state index in [0.717, 1.165) is 21.8 Å². The summed E-state index contributed by atoms with van der Waals surface area (Å²) in [6.45, 7) is 10.9. The van der Waals surface area contributed by atoms with E-state index in [1.54, 1.807) is 39.1 Å². The smallest absolute Gasteiger partial charge is 0.413 e. The first-order valence-electron chi connectivity index (χ1n) is 10.8. The van der Waals surface area contributed by atoms with Gasteiger partial charge in [-0.2, -0.15) is 0 Å². The fourth-order valence-electron chi connectivity index (χ4n) is 3.34. The third-order valence-electron chi connectivity index (χ3n) is 4.92. The second-order valence-corrected chi connectivity index (χ2v) is 11.9. The van der Waals surface area contributed by atoms with E-state index in [4.69, 9.17) is 19.9 Å². The van der Waals surface area contributed by atoms with Crippen LogP contribution in [0.2, 0.25) is 0 Å². The van der Waals surface area contributed by atoms with Crippen molar-refractivity contribution >= 4 is 45.0 Å². The Morgan fingerprint density at radius 3 is 2.14 bits per heavy atom. The first-order chi connectivity index (χ1) is 16.2. The average molecular weight is 519 g/mol. The highest BCUT2D eigenvalue weighted by Gasteiger charge is 2.55. The highest BCUT2D eigenvalue weighted by molar-refractivity contribution is 7.18. The van der Waals surface area contributed by atoms with Gasteiger partial charge in [0.2, 0.25) is 5.60 Å². The minimum atomic E-state index is -1.54. The fourth-order valence-corrected chi connectivity index (χ4v) is 5.15. The molecule has 0 saturated carbocycles. The number of anilines is 2. The Morgan fingerprint density at radius 2 is 1.63 bits per heavy atom. The number of hydrogen-bond donors (Lipinski definition) is 2. The zero-order valence-corrected chi connectivity index (χ0v) is 22.4. The summed E-state index contributed by atoms with van der Waals surface area (Å²) < 4.78 is 16.9. The Kier molecular flexibility index (Phi) is 7.42. The molecule has 9 nitrogen and oxygen atoms in total. The van der Waals surface area contributed by atoms with Crippen molar-refractivity contribution in [3.8, 4) is 16.2 Å². The second-order valence-electron chi connectivity index (χ2n) is 9.77. The van der Waals surface area contributed by atoms with E-state index in [1.807, 2.05) is 32.9 Å². The van der Waals surface area contributed by atoms with Gasteiger partial charge < -0.3 is 19.9 Å². The third-order valence-corrected chi connectivity index (χ3v) is 6.81. The van der Waals surface area contributed by atoms with Crippen LogP contribution in [0.15, 0.2) is 36.7 Å². The molecular formula is C24H30N4O5S2. The van der Waals surface area contributed by atoms with Crippen LogP contribution in [0.1, 0.15) is 46.4 Å². The number of benzene rings is 1. The maximum atomic E-state index is 13.3. The van der Waals surface area contributed by atoms with E-state index in [2.05, 4.69) is 15.3 Å². The average Bonchev–Trinajstić information content (AvgIpc) is 3.38. The molecule has 188 valence electrons. The molecule has 1 amide bonds. The molecule has 0 radical (unpaired) electrons. The van der Waals surface area contributed by atoms with Gasteiger partial charge in [-0.1, -0.05) is 43.4 Å². The Balaban J connectivity index is 1.96. The van der Waals surface area contributed by atoms with Crippen molar-refractivity contribution in [3.05, 3.63) is 41.5 Å². The molecule has 2 aromatic heterocycles. The lowest BCUT2D eigenvalue weighted by Gasteiger charge is -2.41. The Labute approximate surface area is 212 Å². The molecule has 0 bridgehead atoms. The van der Waals surface area contributed by atoms with E-state index in [1.165, 1.54) is 24.6 Å². The number of nitrogens with zero attached hydrogens (tertiary/aromatic N) is 2. The van der Waals surface area contributed by atoms with Crippen LogP contribution in [0.25, 0.3) is 10.4 Å². The zero-order chi connectivity index (χ0) is 26.0. The van der Waals surface area contributed by atoms with Crippen molar-refractivity contribution in [1.82, 2.24) is 9.97 Å². The minimum absolute atomic E-state index is 0.272. The quantitative estimate of drug-likeness (QED) is 0.399. The maximum absolute atomic E-state index is 13.3. The van der Waals surface area contributed by atoms with Gasteiger partial charge in [0.05, 0.1) is 16.9 Å². The molecule has 11 heteroatoms. The molecule has 0 aliphatic rings. The van der Waals surface area contributed by atoms with E-state index in [0.29, 0.717) is 15.8 Å². The summed E-state index contributed by atoms with van der Waals surface area (Å²) >= 11 is 2.50. The van der Waals surface area contributed by atoms with Crippen molar-refractivity contribution < 1.29 is 23.8 Å². The minimum Gasteiger partial charge on any atom is -0.469 e. The molecule has 0 saturated heterocycles. The van der Waals surface area contributed by atoms with Gasteiger partial charge in [-0.15, -0.1) is 0 Å². The zero-order valence-electron chi connectivity index (χ0n) is 20.8. The fraction of sp³-hybridized carbons (Fsp3) is 0.417. The summed E-state index contributed by atoms with van der Waals surface area (Å²) in [5, 5.41) is 3.37. The standard InChI is InChI=1S/C24H30N4O5S2/c1-22(2,3)24(18(29)31-7,17-13-27-20(35-17)28-21(30)33-23(4,5)6)32-15-10-8-14(9-11-15)16-12-26-19(25)34-16/h8-13H,1-7H3,(H2,25,26)(H,27,28,30). The molecule has 35 heavy (non-hydrogen) atoms. The summed E-state index contributed by atoms with van der Waals surface area (Å²) in [6.07, 6.45) is 2.58. The number of esters is 1. The number of ether oxygens (including phenoxy) is 3. The molecule has 3 N–H and O–H groups in total. The van der Waals surface area contributed by atoms with Gasteiger partial charge in [0.25, 0.3) is 0 Å². The van der Waals surface area contributed by atoms with Crippen molar-refractivity contribution in [2.75, 3.05) is 18.2 Å². The highest BCUT2D eigenvalue weighted by Crippen LogP contribution is 2.47. The lowest BCUT2D eigenvalue weighted by Crippen LogP contribution is -2.52. The van der Waals surface area contributed by atoms with Crippen LogP contribution < -0.4 is 15.8 Å². The van der Waals surface area contributed by atoms with E-state index < -0.39 is 28.7 Å². The van der Waals surface area contributed by atoms with E-state index >= 15 is 0 Å². The monoisotopic (exact) mass is 518 g/mol. The molecule has 1 unspecified atom stereocenters. The lowest BCUT2D eigenvalue weighted by atomic mass is 9.75. The van der Waals surface area contributed by atoms with Gasteiger partial charge in [0.15, 0.2) is 10.3 Å². The van der Waals surface area contributed by atoms with Crippen LogP contribution in [-0.2, 0) is 19.9 Å². The first-order valence-corrected chi connectivity index (χ1v) is 12.4. The maximum Gasteiger partial charge on any atom is 0.413 e. The molecule has 3 aromatic rings. The third kappa shape index (κ3) is 5.91.